The second kappa shape index (κ2) is 5.01. The number of ether oxygens (including phenoxy) is 1. The fraction of sp³-hybridized carbons (Fsp3) is 0.667. The fourth-order valence-electron chi connectivity index (χ4n) is 2.26. The van der Waals surface area contributed by atoms with Crippen LogP contribution in [-0.2, 0) is 4.74 Å². The smallest absolute Gasteiger partial charge is 0.146 e. The number of aromatic nitrogens is 2. The third-order valence-corrected chi connectivity index (χ3v) is 4.45. The summed E-state index contributed by atoms with van der Waals surface area (Å²) in [6.45, 7) is 7.18. The predicted octanol–water partition coefficient (Wildman–Crippen LogP) is 2.44. The number of hydrogen-bond donors (Lipinski definition) is 2. The predicted molar refractivity (Wildman–Crippen MR) is 75.4 cm³/mol. The Morgan fingerprint density at radius 3 is 2.89 bits per heavy atom. The zero-order valence-electron chi connectivity index (χ0n) is 10.9. The molecule has 100 valence electrons. The van der Waals surface area contributed by atoms with Gasteiger partial charge in [-0.25, -0.2) is 9.97 Å². The highest BCUT2D eigenvalue weighted by atomic mass is 79.9. The van der Waals surface area contributed by atoms with Gasteiger partial charge in [0.2, 0.25) is 0 Å². The highest BCUT2D eigenvalue weighted by Gasteiger charge is 2.49. The number of nitrogens with zero attached hydrogens (tertiary/aromatic N) is 2. The van der Waals surface area contributed by atoms with Crippen LogP contribution in [0.25, 0.3) is 0 Å². The lowest BCUT2D eigenvalue weighted by Gasteiger charge is -2.51. The molecule has 3 N–H and O–H groups in total. The van der Waals surface area contributed by atoms with Crippen molar-refractivity contribution in [1.29, 1.82) is 0 Å². The van der Waals surface area contributed by atoms with Crippen molar-refractivity contribution in [2.45, 2.75) is 39.3 Å². The molecule has 0 aromatic carbocycles. The van der Waals surface area contributed by atoms with Crippen molar-refractivity contribution in [3.63, 3.8) is 0 Å². The van der Waals surface area contributed by atoms with E-state index in [9.17, 15) is 0 Å². The molecule has 6 heteroatoms. The highest BCUT2D eigenvalue weighted by Crippen LogP contribution is 2.44. The van der Waals surface area contributed by atoms with Gasteiger partial charge in [0.05, 0.1) is 6.10 Å². The lowest BCUT2D eigenvalue weighted by Crippen LogP contribution is -2.58. The zero-order chi connectivity index (χ0) is 13.3. The van der Waals surface area contributed by atoms with Crippen molar-refractivity contribution in [3.8, 4) is 0 Å². The summed E-state index contributed by atoms with van der Waals surface area (Å²) in [4.78, 5) is 8.13. The number of halogens is 1. The van der Waals surface area contributed by atoms with Crippen LogP contribution in [0.4, 0.5) is 11.6 Å². The summed E-state index contributed by atoms with van der Waals surface area (Å²) in [5.74, 6) is 1.20. The summed E-state index contributed by atoms with van der Waals surface area (Å²) in [6.07, 6.45) is 2.75. The van der Waals surface area contributed by atoms with Crippen molar-refractivity contribution in [2.75, 3.05) is 17.7 Å². The van der Waals surface area contributed by atoms with Crippen molar-refractivity contribution < 1.29 is 4.74 Å². The highest BCUT2D eigenvalue weighted by molar-refractivity contribution is 9.10. The Morgan fingerprint density at radius 1 is 1.56 bits per heavy atom. The molecule has 5 nitrogen and oxygen atoms in total. The number of nitrogens with one attached hydrogen (secondary N) is 1. The minimum Gasteiger partial charge on any atom is -0.383 e. The largest absolute Gasteiger partial charge is 0.383 e. The van der Waals surface area contributed by atoms with Crippen molar-refractivity contribution in [1.82, 2.24) is 9.97 Å². The number of anilines is 2. The summed E-state index contributed by atoms with van der Waals surface area (Å²) in [7, 11) is 0. The quantitative estimate of drug-likeness (QED) is 0.893. The average Bonchev–Trinajstić information content (AvgIpc) is 2.33. The van der Waals surface area contributed by atoms with Gasteiger partial charge in [0, 0.05) is 18.1 Å². The van der Waals surface area contributed by atoms with Gasteiger partial charge in [-0.05, 0) is 29.3 Å². The van der Waals surface area contributed by atoms with Crippen LogP contribution < -0.4 is 11.1 Å². The number of rotatable bonds is 4. The first-order chi connectivity index (χ1) is 8.46. The molecular weight excluding hydrogens is 296 g/mol. The van der Waals surface area contributed by atoms with Crippen LogP contribution in [0.1, 0.15) is 27.2 Å². The van der Waals surface area contributed by atoms with Crippen LogP contribution in [0.2, 0.25) is 0 Å². The Labute approximate surface area is 116 Å². The molecule has 1 aromatic heterocycles. The molecule has 1 aromatic rings. The van der Waals surface area contributed by atoms with Crippen LogP contribution >= 0.6 is 15.9 Å². The maximum absolute atomic E-state index is 5.74. The van der Waals surface area contributed by atoms with Crippen LogP contribution in [0.3, 0.4) is 0 Å². The molecule has 2 rings (SSSR count). The Hall–Kier alpha value is -0.880. The second-order valence-corrected chi connectivity index (χ2v) is 5.91. The molecule has 0 bridgehead atoms. The van der Waals surface area contributed by atoms with Crippen LogP contribution in [-0.4, -0.2) is 28.7 Å². The van der Waals surface area contributed by atoms with Gasteiger partial charge in [0.1, 0.15) is 22.4 Å². The third-order valence-electron chi connectivity index (χ3n) is 3.67. The monoisotopic (exact) mass is 314 g/mol. The SMILES string of the molecule is CCOC1CC(Nc2ncnc(N)c2Br)C1(C)C. The van der Waals surface area contributed by atoms with E-state index >= 15 is 0 Å². The molecule has 0 radical (unpaired) electrons. The van der Waals surface area contributed by atoms with Crippen molar-refractivity contribution in [3.05, 3.63) is 10.8 Å². The maximum Gasteiger partial charge on any atom is 0.146 e. The van der Waals surface area contributed by atoms with Gasteiger partial charge < -0.3 is 15.8 Å². The standard InChI is InChI=1S/C12H19BrN4O/c1-4-18-8-5-7(12(8,2)3)17-11-9(13)10(14)15-6-16-11/h6-8H,4-5H2,1-3H3,(H3,14,15,16,17). The number of nitrogen functional groups attached to an aromatic ring is 1. The minimum atomic E-state index is 0.0924. The fourth-order valence-corrected chi connectivity index (χ4v) is 2.58. The summed E-state index contributed by atoms with van der Waals surface area (Å²) in [5, 5.41) is 3.41. The molecule has 1 saturated carbocycles. The number of nitrogens with two attached hydrogens (primary N) is 1. The molecule has 18 heavy (non-hydrogen) atoms. The van der Waals surface area contributed by atoms with E-state index < -0.39 is 0 Å². The molecule has 2 unspecified atom stereocenters. The molecule has 0 amide bonds. The van der Waals surface area contributed by atoms with Gasteiger partial charge in [-0.15, -0.1) is 0 Å². The molecule has 0 saturated heterocycles. The first-order valence-electron chi connectivity index (χ1n) is 6.11. The Morgan fingerprint density at radius 2 is 2.28 bits per heavy atom. The van der Waals surface area contributed by atoms with Crippen molar-refractivity contribution in [2.24, 2.45) is 5.41 Å². The lowest BCUT2D eigenvalue weighted by atomic mass is 9.64. The van der Waals surface area contributed by atoms with E-state index in [2.05, 4.69) is 45.1 Å². The van der Waals surface area contributed by atoms with Gasteiger partial charge in [-0.3, -0.25) is 0 Å². The van der Waals surface area contributed by atoms with E-state index in [-0.39, 0.29) is 5.41 Å². The summed E-state index contributed by atoms with van der Waals surface area (Å²) >= 11 is 3.40. The Balaban J connectivity index is 2.06. The molecule has 1 heterocycles. The zero-order valence-corrected chi connectivity index (χ0v) is 12.5. The first-order valence-corrected chi connectivity index (χ1v) is 6.90. The Bertz CT molecular complexity index is 438. The van der Waals surface area contributed by atoms with Gasteiger partial charge >= 0.3 is 0 Å². The van der Waals surface area contributed by atoms with Gasteiger partial charge in [0.25, 0.3) is 0 Å². The molecular formula is C12H19BrN4O. The summed E-state index contributed by atoms with van der Waals surface area (Å²) in [6, 6.07) is 0.333. The van der Waals surface area contributed by atoms with Crippen LogP contribution in [0.15, 0.2) is 10.8 Å². The molecule has 2 atom stereocenters. The number of hydrogen-bond acceptors (Lipinski definition) is 5. The van der Waals surface area contributed by atoms with Gasteiger partial charge in [-0.2, -0.15) is 0 Å². The first kappa shape index (κ1) is 13.5. The average molecular weight is 315 g/mol. The molecule has 0 aliphatic heterocycles. The minimum absolute atomic E-state index is 0.0924. The van der Waals surface area contributed by atoms with E-state index in [1.54, 1.807) is 0 Å². The topological polar surface area (TPSA) is 73.1 Å². The molecule has 1 fully saturated rings. The molecule has 0 spiro atoms. The second-order valence-electron chi connectivity index (χ2n) is 5.12. The Kier molecular flexibility index (Phi) is 3.77. The van der Waals surface area contributed by atoms with Crippen LogP contribution in [0, 0.1) is 5.41 Å². The molecule has 1 aliphatic carbocycles. The van der Waals surface area contributed by atoms with E-state index in [1.807, 2.05) is 6.92 Å². The van der Waals surface area contributed by atoms with E-state index in [0.29, 0.717) is 18.0 Å². The molecule has 1 aliphatic rings. The van der Waals surface area contributed by atoms with Crippen LogP contribution in [0.5, 0.6) is 0 Å². The summed E-state index contributed by atoms with van der Waals surface area (Å²) in [5.41, 5.74) is 5.83. The van der Waals surface area contributed by atoms with E-state index in [0.717, 1.165) is 23.3 Å². The van der Waals surface area contributed by atoms with E-state index in [1.165, 1.54) is 6.33 Å². The summed E-state index contributed by atoms with van der Waals surface area (Å²) < 4.78 is 6.43. The van der Waals surface area contributed by atoms with Crippen molar-refractivity contribution >= 4 is 27.6 Å². The van der Waals surface area contributed by atoms with Gasteiger partial charge in [-0.1, -0.05) is 13.8 Å². The lowest BCUT2D eigenvalue weighted by molar-refractivity contribution is -0.0976. The third kappa shape index (κ3) is 2.31. The van der Waals surface area contributed by atoms with Gasteiger partial charge in [0.15, 0.2) is 0 Å². The normalized spacial score (nSPS) is 25.6. The maximum atomic E-state index is 5.74. The van der Waals surface area contributed by atoms with E-state index in [4.69, 9.17) is 10.5 Å².